The van der Waals surface area contributed by atoms with E-state index in [2.05, 4.69) is 5.32 Å². The molecule has 0 amide bonds. The SMILES string of the molecule is CCNC1(CO)CCC(Oc2cc(F)ccc2C)C1. The summed E-state index contributed by atoms with van der Waals surface area (Å²) in [5.41, 5.74) is 0.701. The van der Waals surface area contributed by atoms with Crippen LogP contribution in [-0.4, -0.2) is 29.9 Å². The molecule has 2 atom stereocenters. The number of rotatable bonds is 5. The maximum Gasteiger partial charge on any atom is 0.126 e. The van der Waals surface area contributed by atoms with Gasteiger partial charge in [-0.25, -0.2) is 4.39 Å². The molecule has 1 aromatic rings. The second kappa shape index (κ2) is 5.88. The van der Waals surface area contributed by atoms with E-state index in [1.807, 2.05) is 13.8 Å². The number of likely N-dealkylation sites (N-methyl/N-ethyl adjacent to an activating group) is 1. The van der Waals surface area contributed by atoms with Crippen LogP contribution in [0.15, 0.2) is 18.2 Å². The molecule has 1 aliphatic carbocycles. The average molecular weight is 267 g/mol. The van der Waals surface area contributed by atoms with Crippen LogP contribution in [0.4, 0.5) is 4.39 Å². The summed E-state index contributed by atoms with van der Waals surface area (Å²) in [6.07, 6.45) is 2.55. The molecule has 2 N–H and O–H groups in total. The molecule has 0 aliphatic heterocycles. The second-order valence-electron chi connectivity index (χ2n) is 5.36. The van der Waals surface area contributed by atoms with Gasteiger partial charge in [-0.1, -0.05) is 13.0 Å². The first-order valence-electron chi connectivity index (χ1n) is 6.87. The minimum atomic E-state index is -0.279. The van der Waals surface area contributed by atoms with Gasteiger partial charge < -0.3 is 15.2 Å². The third kappa shape index (κ3) is 3.25. The molecule has 0 heterocycles. The minimum absolute atomic E-state index is 0.0340. The number of aliphatic hydroxyl groups is 1. The molecule has 0 aromatic heterocycles. The van der Waals surface area contributed by atoms with Crippen molar-refractivity contribution < 1.29 is 14.2 Å². The van der Waals surface area contributed by atoms with Crippen molar-refractivity contribution in [1.29, 1.82) is 0 Å². The molecule has 0 bridgehead atoms. The van der Waals surface area contributed by atoms with Crippen LogP contribution in [0, 0.1) is 12.7 Å². The molecule has 1 fully saturated rings. The van der Waals surface area contributed by atoms with Crippen LogP contribution in [0.1, 0.15) is 31.7 Å². The fraction of sp³-hybridized carbons (Fsp3) is 0.600. The number of halogens is 1. The molecule has 0 saturated heterocycles. The lowest BCUT2D eigenvalue weighted by Gasteiger charge is -2.28. The Hall–Kier alpha value is -1.13. The molecule has 0 spiro atoms. The molecule has 3 nitrogen and oxygen atoms in total. The lowest BCUT2D eigenvalue weighted by Crippen LogP contribution is -2.46. The third-order valence-corrected chi connectivity index (χ3v) is 3.86. The third-order valence-electron chi connectivity index (χ3n) is 3.86. The van der Waals surface area contributed by atoms with E-state index >= 15 is 0 Å². The van der Waals surface area contributed by atoms with Gasteiger partial charge in [0.15, 0.2) is 0 Å². The first-order valence-corrected chi connectivity index (χ1v) is 6.87. The quantitative estimate of drug-likeness (QED) is 0.861. The van der Waals surface area contributed by atoms with Gasteiger partial charge in [-0.15, -0.1) is 0 Å². The Morgan fingerprint density at radius 2 is 2.32 bits per heavy atom. The summed E-state index contributed by atoms with van der Waals surface area (Å²) >= 11 is 0. The second-order valence-corrected chi connectivity index (χ2v) is 5.36. The van der Waals surface area contributed by atoms with Gasteiger partial charge in [0.05, 0.1) is 6.61 Å². The number of benzene rings is 1. The van der Waals surface area contributed by atoms with Gasteiger partial charge in [0, 0.05) is 18.0 Å². The highest BCUT2D eigenvalue weighted by Gasteiger charge is 2.39. The van der Waals surface area contributed by atoms with Gasteiger partial charge in [-0.3, -0.25) is 0 Å². The van der Waals surface area contributed by atoms with E-state index in [4.69, 9.17) is 4.74 Å². The summed E-state index contributed by atoms with van der Waals surface area (Å²) in [5.74, 6) is 0.328. The molecule has 19 heavy (non-hydrogen) atoms. The predicted molar refractivity (Wildman–Crippen MR) is 72.9 cm³/mol. The Balaban J connectivity index is 2.03. The zero-order valence-corrected chi connectivity index (χ0v) is 11.6. The van der Waals surface area contributed by atoms with E-state index in [1.165, 1.54) is 12.1 Å². The van der Waals surface area contributed by atoms with Crippen molar-refractivity contribution in [1.82, 2.24) is 5.32 Å². The van der Waals surface area contributed by atoms with Crippen LogP contribution in [0.2, 0.25) is 0 Å². The van der Waals surface area contributed by atoms with Gasteiger partial charge in [-0.05, 0) is 37.9 Å². The molecule has 1 saturated carbocycles. The van der Waals surface area contributed by atoms with Crippen LogP contribution in [0.3, 0.4) is 0 Å². The zero-order valence-electron chi connectivity index (χ0n) is 11.6. The molecule has 1 aromatic carbocycles. The Morgan fingerprint density at radius 1 is 1.53 bits per heavy atom. The molecule has 2 rings (SSSR count). The molecule has 4 heteroatoms. The average Bonchev–Trinajstić information content (AvgIpc) is 2.78. The molecular weight excluding hydrogens is 245 g/mol. The Morgan fingerprint density at radius 3 is 3.00 bits per heavy atom. The number of nitrogens with one attached hydrogen (secondary N) is 1. The lowest BCUT2D eigenvalue weighted by molar-refractivity contribution is 0.141. The molecule has 0 radical (unpaired) electrons. The van der Waals surface area contributed by atoms with Crippen molar-refractivity contribution in [2.24, 2.45) is 0 Å². The lowest BCUT2D eigenvalue weighted by atomic mass is 9.99. The summed E-state index contributed by atoms with van der Waals surface area (Å²) in [6, 6.07) is 4.60. The minimum Gasteiger partial charge on any atom is -0.490 e. The van der Waals surface area contributed by atoms with Crippen LogP contribution in [0.25, 0.3) is 0 Å². The van der Waals surface area contributed by atoms with E-state index in [0.29, 0.717) is 5.75 Å². The summed E-state index contributed by atoms with van der Waals surface area (Å²) in [5, 5.41) is 12.9. The normalized spacial score (nSPS) is 26.6. The number of aliphatic hydroxyl groups excluding tert-OH is 1. The first kappa shape index (κ1) is 14.3. The van der Waals surface area contributed by atoms with Crippen molar-refractivity contribution in [3.05, 3.63) is 29.6 Å². The maximum absolute atomic E-state index is 13.2. The number of aryl methyl sites for hydroxylation is 1. The van der Waals surface area contributed by atoms with Crippen molar-refractivity contribution >= 4 is 0 Å². The fourth-order valence-corrected chi connectivity index (χ4v) is 2.79. The highest BCUT2D eigenvalue weighted by molar-refractivity contribution is 5.33. The Bertz CT molecular complexity index is 438. The van der Waals surface area contributed by atoms with Crippen molar-refractivity contribution in [2.75, 3.05) is 13.2 Å². The monoisotopic (exact) mass is 267 g/mol. The van der Waals surface area contributed by atoms with Crippen molar-refractivity contribution in [3.8, 4) is 5.75 Å². The topological polar surface area (TPSA) is 41.5 Å². The summed E-state index contributed by atoms with van der Waals surface area (Å²) in [4.78, 5) is 0. The van der Waals surface area contributed by atoms with Gasteiger partial charge in [-0.2, -0.15) is 0 Å². The largest absolute Gasteiger partial charge is 0.490 e. The molecule has 1 aliphatic rings. The van der Waals surface area contributed by atoms with E-state index in [9.17, 15) is 9.50 Å². The number of hydrogen-bond acceptors (Lipinski definition) is 3. The Kier molecular flexibility index (Phi) is 4.42. The molecule has 2 unspecified atom stereocenters. The van der Waals surface area contributed by atoms with Crippen LogP contribution < -0.4 is 10.1 Å². The van der Waals surface area contributed by atoms with E-state index < -0.39 is 0 Å². The predicted octanol–water partition coefficient (Wildman–Crippen LogP) is 2.41. The smallest absolute Gasteiger partial charge is 0.126 e. The maximum atomic E-state index is 13.2. The molecule has 106 valence electrons. The van der Waals surface area contributed by atoms with E-state index in [-0.39, 0.29) is 24.1 Å². The summed E-state index contributed by atoms with van der Waals surface area (Å²) in [7, 11) is 0. The van der Waals surface area contributed by atoms with Crippen LogP contribution >= 0.6 is 0 Å². The zero-order chi connectivity index (χ0) is 13.9. The highest BCUT2D eigenvalue weighted by Crippen LogP contribution is 2.33. The summed E-state index contributed by atoms with van der Waals surface area (Å²) in [6.45, 7) is 4.88. The first-order chi connectivity index (χ1) is 9.08. The number of ether oxygens (including phenoxy) is 1. The van der Waals surface area contributed by atoms with Crippen LogP contribution in [-0.2, 0) is 0 Å². The van der Waals surface area contributed by atoms with Crippen molar-refractivity contribution in [2.45, 2.75) is 44.8 Å². The van der Waals surface area contributed by atoms with Gasteiger partial charge in [0.25, 0.3) is 0 Å². The fourth-order valence-electron chi connectivity index (χ4n) is 2.79. The highest BCUT2D eigenvalue weighted by atomic mass is 19.1. The van der Waals surface area contributed by atoms with Gasteiger partial charge in [0.2, 0.25) is 0 Å². The van der Waals surface area contributed by atoms with Crippen LogP contribution in [0.5, 0.6) is 5.75 Å². The summed E-state index contributed by atoms with van der Waals surface area (Å²) < 4.78 is 19.1. The van der Waals surface area contributed by atoms with Gasteiger partial charge in [0.1, 0.15) is 17.7 Å². The Labute approximate surface area is 113 Å². The standard InChI is InChI=1S/C15H22FNO2/c1-3-17-15(10-18)7-6-13(9-15)19-14-8-12(16)5-4-11(14)2/h4-5,8,13,17-18H,3,6-7,9-10H2,1-2H3. The molecular formula is C15H22FNO2. The van der Waals surface area contributed by atoms with Gasteiger partial charge >= 0.3 is 0 Å². The van der Waals surface area contributed by atoms with E-state index in [1.54, 1.807) is 6.07 Å². The number of hydrogen-bond donors (Lipinski definition) is 2. The van der Waals surface area contributed by atoms with E-state index in [0.717, 1.165) is 31.4 Å². The van der Waals surface area contributed by atoms with Crippen molar-refractivity contribution in [3.63, 3.8) is 0 Å².